The number of primary amides is 1. The Morgan fingerprint density at radius 2 is 1.74 bits per heavy atom. The lowest BCUT2D eigenvalue weighted by atomic mass is 10.0. The van der Waals surface area contributed by atoms with E-state index in [4.69, 9.17) is 15.2 Å². The van der Waals surface area contributed by atoms with Gasteiger partial charge in [0.1, 0.15) is 23.0 Å². The number of carbonyl (C=O) groups excluding carboxylic acids is 1. The maximum atomic E-state index is 11.2. The molecule has 1 amide bonds. The second kappa shape index (κ2) is 11.1. The lowest BCUT2D eigenvalue weighted by Gasteiger charge is -2.33. The Bertz CT molecular complexity index is 1050. The molecule has 0 aliphatic carbocycles. The number of ether oxygens (including phenoxy) is 2. The molecule has 180 valence electrons. The molecule has 0 radical (unpaired) electrons. The molecule has 1 fully saturated rings. The third-order valence-electron chi connectivity index (χ3n) is 5.96. The molecule has 1 aliphatic heterocycles. The van der Waals surface area contributed by atoms with Crippen molar-refractivity contribution in [3.63, 3.8) is 0 Å². The van der Waals surface area contributed by atoms with Crippen LogP contribution in [0.1, 0.15) is 42.6 Å². The van der Waals surface area contributed by atoms with E-state index < -0.39 is 5.91 Å². The maximum Gasteiger partial charge on any atom is 0.250 e. The molecule has 2 aromatic heterocycles. The molecular weight excluding hydrogens is 430 g/mol. The van der Waals surface area contributed by atoms with Gasteiger partial charge < -0.3 is 25.1 Å². The van der Waals surface area contributed by atoms with Crippen molar-refractivity contribution in [2.75, 3.05) is 31.6 Å². The first-order chi connectivity index (χ1) is 16.6. The standard InChI is InChI=1S/C26H33N5O3/c1-3-33-22-15-19(16-23(34-4-2)25(22)31-11-5-6-12-31)18-30-13-9-21(10-14-30)29-24-8-7-20(17-28-24)26(27)32/h5-8,11-12,15-17,21H,3-4,9-10,13-14,18H2,1-2H3,(H2,27,32)(H,28,29). The molecule has 34 heavy (non-hydrogen) atoms. The van der Waals surface area contributed by atoms with Gasteiger partial charge in [0.15, 0.2) is 0 Å². The zero-order valence-electron chi connectivity index (χ0n) is 19.9. The number of pyridine rings is 1. The van der Waals surface area contributed by atoms with Crippen LogP contribution < -0.4 is 20.5 Å². The van der Waals surface area contributed by atoms with E-state index in [-0.39, 0.29) is 0 Å². The monoisotopic (exact) mass is 463 g/mol. The van der Waals surface area contributed by atoms with E-state index in [0.29, 0.717) is 24.8 Å². The Kier molecular flexibility index (Phi) is 7.69. The second-order valence-corrected chi connectivity index (χ2v) is 8.39. The van der Waals surface area contributed by atoms with E-state index in [1.165, 1.54) is 11.8 Å². The Hall–Kier alpha value is -3.52. The molecule has 4 rings (SSSR count). The first-order valence-electron chi connectivity index (χ1n) is 11.9. The van der Waals surface area contributed by atoms with Crippen molar-refractivity contribution in [1.29, 1.82) is 0 Å². The summed E-state index contributed by atoms with van der Waals surface area (Å²) >= 11 is 0. The summed E-state index contributed by atoms with van der Waals surface area (Å²) in [6, 6.07) is 12.1. The number of hydrogen-bond donors (Lipinski definition) is 2. The third kappa shape index (κ3) is 5.69. The van der Waals surface area contributed by atoms with E-state index in [2.05, 4.69) is 27.3 Å². The van der Waals surface area contributed by atoms with Gasteiger partial charge in [-0.15, -0.1) is 0 Å². The van der Waals surface area contributed by atoms with Crippen LogP contribution in [0.3, 0.4) is 0 Å². The molecule has 8 nitrogen and oxygen atoms in total. The Morgan fingerprint density at radius 3 is 2.26 bits per heavy atom. The molecular formula is C26H33N5O3. The highest BCUT2D eigenvalue weighted by atomic mass is 16.5. The maximum absolute atomic E-state index is 11.2. The average Bonchev–Trinajstić information content (AvgIpc) is 3.36. The minimum Gasteiger partial charge on any atom is -0.492 e. The van der Waals surface area contributed by atoms with Crippen molar-refractivity contribution in [3.8, 4) is 17.2 Å². The molecule has 0 bridgehead atoms. The van der Waals surface area contributed by atoms with Crippen molar-refractivity contribution >= 4 is 11.7 Å². The van der Waals surface area contributed by atoms with E-state index in [1.54, 1.807) is 6.07 Å². The Labute approximate surface area is 200 Å². The number of aromatic nitrogens is 2. The fourth-order valence-corrected chi connectivity index (χ4v) is 4.32. The van der Waals surface area contributed by atoms with Crippen molar-refractivity contribution < 1.29 is 14.3 Å². The Morgan fingerprint density at radius 1 is 1.09 bits per heavy atom. The summed E-state index contributed by atoms with van der Waals surface area (Å²) in [6.07, 6.45) is 7.56. The lowest BCUT2D eigenvalue weighted by molar-refractivity contribution is 0.1000. The molecule has 0 atom stereocenters. The number of rotatable bonds is 10. The molecule has 3 heterocycles. The van der Waals surface area contributed by atoms with Gasteiger partial charge in [0.05, 0.1) is 18.8 Å². The number of benzene rings is 1. The number of anilines is 1. The molecule has 8 heteroatoms. The van der Waals surface area contributed by atoms with Crippen LogP contribution >= 0.6 is 0 Å². The van der Waals surface area contributed by atoms with Gasteiger partial charge in [0, 0.05) is 44.3 Å². The van der Waals surface area contributed by atoms with Gasteiger partial charge in [-0.1, -0.05) is 0 Å². The first kappa shape index (κ1) is 23.6. The Balaban J connectivity index is 1.41. The highest BCUT2D eigenvalue weighted by Crippen LogP contribution is 2.35. The van der Waals surface area contributed by atoms with Gasteiger partial charge in [-0.2, -0.15) is 0 Å². The van der Waals surface area contributed by atoms with Crippen LogP contribution in [0.15, 0.2) is 55.0 Å². The summed E-state index contributed by atoms with van der Waals surface area (Å²) < 4.78 is 14.1. The number of nitrogens with one attached hydrogen (secondary N) is 1. The van der Waals surface area contributed by atoms with Crippen LogP contribution in [-0.2, 0) is 6.54 Å². The summed E-state index contributed by atoms with van der Waals surface area (Å²) in [6.45, 7) is 7.98. The van der Waals surface area contributed by atoms with Crippen LogP contribution in [0, 0.1) is 0 Å². The average molecular weight is 464 g/mol. The highest BCUT2D eigenvalue weighted by molar-refractivity contribution is 5.92. The third-order valence-corrected chi connectivity index (χ3v) is 5.96. The number of nitrogens with two attached hydrogens (primary N) is 1. The number of likely N-dealkylation sites (tertiary alicyclic amines) is 1. The smallest absolute Gasteiger partial charge is 0.250 e. The topological polar surface area (TPSA) is 94.6 Å². The summed E-state index contributed by atoms with van der Waals surface area (Å²) in [5.74, 6) is 1.98. The van der Waals surface area contributed by atoms with Gasteiger partial charge in [-0.25, -0.2) is 4.98 Å². The van der Waals surface area contributed by atoms with Crippen LogP contribution in [0.2, 0.25) is 0 Å². The second-order valence-electron chi connectivity index (χ2n) is 8.39. The SMILES string of the molecule is CCOc1cc(CN2CCC(Nc3ccc(C(N)=O)cn3)CC2)cc(OCC)c1-n1cccc1. The fourth-order valence-electron chi connectivity index (χ4n) is 4.32. The zero-order valence-corrected chi connectivity index (χ0v) is 19.9. The van der Waals surface area contributed by atoms with Gasteiger partial charge >= 0.3 is 0 Å². The fraction of sp³-hybridized carbons (Fsp3) is 0.385. The minimum atomic E-state index is -0.464. The van der Waals surface area contributed by atoms with E-state index in [1.807, 2.05) is 49.0 Å². The predicted molar refractivity (Wildman–Crippen MR) is 133 cm³/mol. The highest BCUT2D eigenvalue weighted by Gasteiger charge is 2.21. The predicted octanol–water partition coefficient (Wildman–Crippen LogP) is 3.85. The van der Waals surface area contributed by atoms with Gasteiger partial charge in [-0.05, 0) is 68.7 Å². The van der Waals surface area contributed by atoms with Gasteiger partial charge in [-0.3, -0.25) is 9.69 Å². The van der Waals surface area contributed by atoms with Crippen LogP contribution in [-0.4, -0.2) is 52.7 Å². The lowest BCUT2D eigenvalue weighted by Crippen LogP contribution is -2.38. The molecule has 0 saturated carbocycles. The summed E-state index contributed by atoms with van der Waals surface area (Å²) in [4.78, 5) is 18.0. The molecule has 3 N–H and O–H groups in total. The molecule has 0 spiro atoms. The summed E-state index contributed by atoms with van der Waals surface area (Å²) in [5, 5.41) is 3.47. The van der Waals surface area contributed by atoms with Crippen LogP contribution in [0.4, 0.5) is 5.82 Å². The number of nitrogens with zero attached hydrogens (tertiary/aromatic N) is 3. The number of carbonyl (C=O) groups is 1. The number of hydrogen-bond acceptors (Lipinski definition) is 6. The van der Waals surface area contributed by atoms with Crippen molar-refractivity contribution in [3.05, 3.63) is 66.1 Å². The van der Waals surface area contributed by atoms with Gasteiger partial charge in [0.2, 0.25) is 5.91 Å². The van der Waals surface area contributed by atoms with E-state index in [0.717, 1.165) is 55.5 Å². The molecule has 1 aliphatic rings. The van der Waals surface area contributed by atoms with E-state index in [9.17, 15) is 4.79 Å². The molecule has 0 unspecified atom stereocenters. The molecule has 1 aromatic carbocycles. The normalized spacial score (nSPS) is 14.6. The molecule has 3 aromatic rings. The number of amides is 1. The summed E-state index contributed by atoms with van der Waals surface area (Å²) in [5.41, 5.74) is 7.83. The quantitative estimate of drug-likeness (QED) is 0.474. The summed E-state index contributed by atoms with van der Waals surface area (Å²) in [7, 11) is 0. The van der Waals surface area contributed by atoms with Crippen LogP contribution in [0.5, 0.6) is 11.5 Å². The largest absolute Gasteiger partial charge is 0.492 e. The van der Waals surface area contributed by atoms with Crippen LogP contribution in [0.25, 0.3) is 5.69 Å². The first-order valence-corrected chi connectivity index (χ1v) is 11.9. The van der Waals surface area contributed by atoms with Crippen molar-refractivity contribution in [2.45, 2.75) is 39.3 Å². The minimum absolute atomic E-state index is 0.345. The van der Waals surface area contributed by atoms with Gasteiger partial charge in [0.25, 0.3) is 0 Å². The van der Waals surface area contributed by atoms with E-state index >= 15 is 0 Å². The van der Waals surface area contributed by atoms with Crippen molar-refractivity contribution in [1.82, 2.24) is 14.5 Å². The van der Waals surface area contributed by atoms with Crippen molar-refractivity contribution in [2.24, 2.45) is 5.73 Å². The zero-order chi connectivity index (χ0) is 23.9. The molecule has 1 saturated heterocycles. The number of piperidine rings is 1.